The van der Waals surface area contributed by atoms with Crippen LogP contribution in [0.5, 0.6) is 11.5 Å². The molecule has 0 atom stereocenters. The van der Waals surface area contributed by atoms with Gasteiger partial charge in [-0.05, 0) is 63.2 Å². The van der Waals surface area contributed by atoms with Crippen LogP contribution in [-0.4, -0.2) is 74.6 Å². The Morgan fingerprint density at radius 2 is 1.56 bits per heavy atom. The van der Waals surface area contributed by atoms with Gasteiger partial charge in [0.15, 0.2) is 0 Å². The average Bonchev–Trinajstić information content (AvgIpc) is 2.83. The minimum absolute atomic E-state index is 0.0254. The van der Waals surface area contributed by atoms with E-state index >= 15 is 0 Å². The predicted molar refractivity (Wildman–Crippen MR) is 125 cm³/mol. The van der Waals surface area contributed by atoms with Crippen molar-refractivity contribution in [3.05, 3.63) is 23.8 Å². The molecule has 0 aromatic heterocycles. The molecule has 2 fully saturated rings. The number of carbonyl (C=O) groups excluding carboxylic acids is 2. The minimum atomic E-state index is 0.0254. The van der Waals surface area contributed by atoms with Crippen molar-refractivity contribution in [3.63, 3.8) is 0 Å². The van der Waals surface area contributed by atoms with Gasteiger partial charge < -0.3 is 24.6 Å². The second kappa shape index (κ2) is 11.5. The van der Waals surface area contributed by atoms with Gasteiger partial charge in [-0.15, -0.1) is 0 Å². The SMILES string of the molecule is COc1cc(OC)cc(C(=O)N2CCC(N3CCC(C(=O)NCCC(C)C)CC3)CC2)c1. The van der Waals surface area contributed by atoms with Gasteiger partial charge in [0.25, 0.3) is 5.91 Å². The van der Waals surface area contributed by atoms with Gasteiger partial charge in [0.1, 0.15) is 11.5 Å². The first kappa shape index (κ1) is 24.4. The highest BCUT2D eigenvalue weighted by molar-refractivity contribution is 5.95. The van der Waals surface area contributed by atoms with Crippen LogP contribution in [0.15, 0.2) is 18.2 Å². The van der Waals surface area contributed by atoms with Crippen LogP contribution in [0.4, 0.5) is 0 Å². The third kappa shape index (κ3) is 6.37. The molecule has 2 saturated heterocycles. The van der Waals surface area contributed by atoms with E-state index in [1.54, 1.807) is 32.4 Å². The Morgan fingerprint density at radius 1 is 0.969 bits per heavy atom. The molecule has 1 aromatic rings. The topological polar surface area (TPSA) is 71.1 Å². The first-order chi connectivity index (χ1) is 15.4. The van der Waals surface area contributed by atoms with Crippen molar-refractivity contribution in [2.75, 3.05) is 46.9 Å². The van der Waals surface area contributed by atoms with Crippen molar-refractivity contribution in [2.24, 2.45) is 11.8 Å². The van der Waals surface area contributed by atoms with Crippen molar-refractivity contribution >= 4 is 11.8 Å². The number of rotatable bonds is 8. The molecular formula is C25H39N3O4. The Morgan fingerprint density at radius 3 is 2.09 bits per heavy atom. The molecule has 2 amide bonds. The number of nitrogens with one attached hydrogen (secondary N) is 1. The Balaban J connectivity index is 1.45. The van der Waals surface area contributed by atoms with Crippen LogP contribution in [0.3, 0.4) is 0 Å². The van der Waals surface area contributed by atoms with Crippen LogP contribution in [0.25, 0.3) is 0 Å². The molecule has 32 heavy (non-hydrogen) atoms. The number of hydrogen-bond donors (Lipinski definition) is 1. The first-order valence-corrected chi connectivity index (χ1v) is 11.9. The quantitative estimate of drug-likeness (QED) is 0.666. The Kier molecular flexibility index (Phi) is 8.79. The molecule has 0 bridgehead atoms. The molecule has 1 N–H and O–H groups in total. The van der Waals surface area contributed by atoms with E-state index in [1.807, 2.05) is 4.90 Å². The summed E-state index contributed by atoms with van der Waals surface area (Å²) in [7, 11) is 3.18. The largest absolute Gasteiger partial charge is 0.497 e. The smallest absolute Gasteiger partial charge is 0.254 e. The van der Waals surface area contributed by atoms with E-state index in [9.17, 15) is 9.59 Å². The minimum Gasteiger partial charge on any atom is -0.497 e. The van der Waals surface area contributed by atoms with Crippen LogP contribution in [0, 0.1) is 11.8 Å². The van der Waals surface area contributed by atoms with E-state index in [1.165, 1.54) is 0 Å². The zero-order valence-electron chi connectivity index (χ0n) is 20.1. The zero-order chi connectivity index (χ0) is 23.1. The standard InChI is InChI=1S/C25H39N3O4/c1-18(2)5-10-26-24(29)19-6-11-27(12-7-19)21-8-13-28(14-9-21)25(30)20-15-22(31-3)17-23(16-20)32-4/h15-19,21H,5-14H2,1-4H3,(H,26,29). The molecule has 3 rings (SSSR count). The van der Waals surface area contributed by atoms with Gasteiger partial charge in [0, 0.05) is 43.2 Å². The van der Waals surface area contributed by atoms with E-state index in [4.69, 9.17) is 9.47 Å². The normalized spacial score (nSPS) is 18.6. The lowest BCUT2D eigenvalue weighted by molar-refractivity contribution is -0.126. The Hall–Kier alpha value is -2.28. The zero-order valence-corrected chi connectivity index (χ0v) is 20.1. The average molecular weight is 446 g/mol. The van der Waals surface area contributed by atoms with Crippen molar-refractivity contribution in [1.82, 2.24) is 15.1 Å². The summed E-state index contributed by atoms with van der Waals surface area (Å²) in [5.41, 5.74) is 0.601. The highest BCUT2D eigenvalue weighted by Crippen LogP contribution is 2.27. The van der Waals surface area contributed by atoms with Crippen LogP contribution in [-0.2, 0) is 4.79 Å². The molecule has 0 unspecified atom stereocenters. The summed E-state index contributed by atoms with van der Waals surface area (Å²) in [5.74, 6) is 2.25. The number of likely N-dealkylation sites (tertiary alicyclic amines) is 2. The number of methoxy groups -OCH3 is 2. The summed E-state index contributed by atoms with van der Waals surface area (Å²) >= 11 is 0. The van der Waals surface area contributed by atoms with Gasteiger partial charge in [-0.3, -0.25) is 9.59 Å². The number of benzene rings is 1. The van der Waals surface area contributed by atoms with E-state index in [0.29, 0.717) is 29.0 Å². The monoisotopic (exact) mass is 445 g/mol. The molecule has 178 valence electrons. The molecule has 2 aliphatic heterocycles. The van der Waals surface area contributed by atoms with Gasteiger partial charge in [0.05, 0.1) is 14.2 Å². The molecule has 0 aliphatic carbocycles. The molecule has 7 nitrogen and oxygen atoms in total. The molecule has 7 heteroatoms. The molecule has 2 heterocycles. The Labute approximate surface area is 192 Å². The number of hydrogen-bond acceptors (Lipinski definition) is 5. The predicted octanol–water partition coefficient (Wildman–Crippen LogP) is 3.18. The number of carbonyl (C=O) groups is 2. The van der Waals surface area contributed by atoms with Gasteiger partial charge in [0.2, 0.25) is 5.91 Å². The van der Waals surface area contributed by atoms with Crippen molar-refractivity contribution < 1.29 is 19.1 Å². The first-order valence-electron chi connectivity index (χ1n) is 11.9. The molecule has 2 aliphatic rings. The van der Waals surface area contributed by atoms with Gasteiger partial charge >= 0.3 is 0 Å². The third-order valence-corrected chi connectivity index (χ3v) is 6.79. The van der Waals surface area contributed by atoms with E-state index in [0.717, 1.165) is 64.8 Å². The fourth-order valence-corrected chi connectivity index (χ4v) is 4.70. The molecule has 0 radical (unpaired) electrons. The van der Waals surface area contributed by atoms with Crippen LogP contribution in [0.2, 0.25) is 0 Å². The molecule has 0 spiro atoms. The molecule has 1 aromatic carbocycles. The van der Waals surface area contributed by atoms with Crippen molar-refractivity contribution in [1.29, 1.82) is 0 Å². The summed E-state index contributed by atoms with van der Waals surface area (Å²) < 4.78 is 10.6. The Bertz CT molecular complexity index is 744. The maximum absolute atomic E-state index is 13.0. The third-order valence-electron chi connectivity index (χ3n) is 6.79. The summed E-state index contributed by atoms with van der Waals surface area (Å²) in [6.45, 7) is 8.57. The number of amides is 2. The second-order valence-corrected chi connectivity index (χ2v) is 9.41. The van der Waals surface area contributed by atoms with Crippen molar-refractivity contribution in [3.8, 4) is 11.5 Å². The van der Waals surface area contributed by atoms with E-state index in [2.05, 4.69) is 24.1 Å². The van der Waals surface area contributed by atoms with Gasteiger partial charge in [-0.25, -0.2) is 0 Å². The highest BCUT2D eigenvalue weighted by atomic mass is 16.5. The summed E-state index contributed by atoms with van der Waals surface area (Å²) in [5, 5.41) is 3.11. The number of ether oxygens (including phenoxy) is 2. The summed E-state index contributed by atoms with van der Waals surface area (Å²) in [4.78, 5) is 29.9. The van der Waals surface area contributed by atoms with Gasteiger partial charge in [-0.1, -0.05) is 13.8 Å². The van der Waals surface area contributed by atoms with Crippen molar-refractivity contribution in [2.45, 2.75) is 52.0 Å². The lowest BCUT2D eigenvalue weighted by atomic mass is 9.92. The summed E-state index contributed by atoms with van der Waals surface area (Å²) in [6.07, 6.45) is 4.83. The molecular weight excluding hydrogens is 406 g/mol. The number of piperidine rings is 2. The van der Waals surface area contributed by atoms with Crippen LogP contribution in [0.1, 0.15) is 56.3 Å². The van der Waals surface area contributed by atoms with Crippen LogP contribution < -0.4 is 14.8 Å². The van der Waals surface area contributed by atoms with E-state index in [-0.39, 0.29) is 17.7 Å². The second-order valence-electron chi connectivity index (χ2n) is 9.41. The van der Waals surface area contributed by atoms with Gasteiger partial charge in [-0.2, -0.15) is 0 Å². The maximum Gasteiger partial charge on any atom is 0.254 e. The summed E-state index contributed by atoms with van der Waals surface area (Å²) in [6, 6.07) is 5.81. The molecule has 0 saturated carbocycles. The van der Waals surface area contributed by atoms with Crippen LogP contribution >= 0.6 is 0 Å². The maximum atomic E-state index is 13.0. The fourth-order valence-electron chi connectivity index (χ4n) is 4.70. The van der Waals surface area contributed by atoms with E-state index < -0.39 is 0 Å². The number of nitrogens with zero attached hydrogens (tertiary/aromatic N) is 2. The lowest BCUT2D eigenvalue weighted by Crippen LogP contribution is -2.50. The lowest BCUT2D eigenvalue weighted by Gasteiger charge is -2.41. The highest BCUT2D eigenvalue weighted by Gasteiger charge is 2.32. The fraction of sp³-hybridized carbons (Fsp3) is 0.680.